The van der Waals surface area contributed by atoms with Gasteiger partial charge in [0.05, 0.1) is 18.4 Å². The van der Waals surface area contributed by atoms with Crippen molar-refractivity contribution in [3.05, 3.63) is 95.1 Å². The molecule has 1 heterocycles. The summed E-state index contributed by atoms with van der Waals surface area (Å²) in [5, 5.41) is 0. The summed E-state index contributed by atoms with van der Waals surface area (Å²) in [6.07, 6.45) is 0.186. The molecule has 1 saturated heterocycles. The molecule has 0 aliphatic carbocycles. The normalized spacial score (nSPS) is 14.9. The first kappa shape index (κ1) is 25.9. The predicted octanol–water partition coefficient (Wildman–Crippen LogP) is 3.80. The number of methoxy groups -OCH3 is 1. The number of carbonyl (C=O) groups excluding carboxylic acids is 1. The molecule has 4 rings (SSSR count). The van der Waals surface area contributed by atoms with Gasteiger partial charge in [-0.05, 0) is 36.2 Å². The summed E-state index contributed by atoms with van der Waals surface area (Å²) >= 11 is 0. The summed E-state index contributed by atoms with van der Waals surface area (Å²) in [6.45, 7) is 5.00. The smallest absolute Gasteiger partial charge is 0.309 e. The number of piperazine rings is 1. The molecule has 0 spiro atoms. The summed E-state index contributed by atoms with van der Waals surface area (Å²) in [5.74, 6) is 0.455. The van der Waals surface area contributed by atoms with Crippen molar-refractivity contribution in [1.82, 2.24) is 9.21 Å². The summed E-state index contributed by atoms with van der Waals surface area (Å²) in [7, 11) is -2.14. The fourth-order valence-corrected chi connectivity index (χ4v) is 5.63. The monoisotopic (exact) mass is 508 g/mol. The molecule has 0 saturated carbocycles. The van der Waals surface area contributed by atoms with E-state index < -0.39 is 10.0 Å². The third kappa shape index (κ3) is 6.51. The van der Waals surface area contributed by atoms with Crippen LogP contribution in [0.2, 0.25) is 0 Å². The van der Waals surface area contributed by atoms with E-state index in [1.54, 1.807) is 16.4 Å². The summed E-state index contributed by atoms with van der Waals surface area (Å²) in [6, 6.07) is 22.7. The zero-order valence-electron chi connectivity index (χ0n) is 20.7. The average molecular weight is 509 g/mol. The van der Waals surface area contributed by atoms with E-state index in [2.05, 4.69) is 4.90 Å². The van der Waals surface area contributed by atoms with Gasteiger partial charge in [-0.2, -0.15) is 4.31 Å². The molecular formula is C28H32N2O5S. The molecule has 190 valence electrons. The van der Waals surface area contributed by atoms with Crippen molar-refractivity contribution in [2.24, 2.45) is 0 Å². The molecule has 3 aromatic carbocycles. The first-order valence-electron chi connectivity index (χ1n) is 12.0. The van der Waals surface area contributed by atoms with Crippen LogP contribution >= 0.6 is 0 Å². The van der Waals surface area contributed by atoms with Crippen molar-refractivity contribution in [2.75, 3.05) is 33.3 Å². The number of aryl methyl sites for hydroxylation is 1. The maximum absolute atomic E-state index is 13.1. The van der Waals surface area contributed by atoms with Crippen LogP contribution in [-0.2, 0) is 39.1 Å². The lowest BCUT2D eigenvalue weighted by Crippen LogP contribution is -2.48. The van der Waals surface area contributed by atoms with Crippen molar-refractivity contribution in [2.45, 2.75) is 31.4 Å². The molecule has 1 aliphatic heterocycles. The lowest BCUT2D eigenvalue weighted by molar-refractivity contribution is -0.139. The number of benzene rings is 3. The van der Waals surface area contributed by atoms with Crippen LogP contribution in [0.3, 0.4) is 0 Å². The lowest BCUT2D eigenvalue weighted by atomic mass is 10.1. The molecule has 0 unspecified atom stereocenters. The van der Waals surface area contributed by atoms with E-state index in [1.165, 1.54) is 7.11 Å². The van der Waals surface area contributed by atoms with Gasteiger partial charge in [-0.1, -0.05) is 60.2 Å². The molecule has 7 nitrogen and oxygen atoms in total. The minimum Gasteiger partial charge on any atom is -0.489 e. The van der Waals surface area contributed by atoms with Crippen LogP contribution in [0.1, 0.15) is 22.3 Å². The molecule has 0 bridgehead atoms. The van der Waals surface area contributed by atoms with Crippen LogP contribution in [0, 0.1) is 6.92 Å². The Morgan fingerprint density at radius 1 is 0.889 bits per heavy atom. The van der Waals surface area contributed by atoms with Crippen molar-refractivity contribution in [3.63, 3.8) is 0 Å². The fourth-order valence-electron chi connectivity index (χ4n) is 4.21. The Morgan fingerprint density at radius 3 is 2.25 bits per heavy atom. The molecule has 8 heteroatoms. The van der Waals surface area contributed by atoms with Crippen molar-refractivity contribution in [1.29, 1.82) is 0 Å². The zero-order chi connectivity index (χ0) is 25.5. The highest BCUT2D eigenvalue weighted by molar-refractivity contribution is 7.89. The van der Waals surface area contributed by atoms with Crippen LogP contribution in [-0.4, -0.2) is 56.9 Å². The molecular weight excluding hydrogens is 476 g/mol. The first-order chi connectivity index (χ1) is 17.3. The number of ether oxygens (including phenoxy) is 2. The number of hydrogen-bond acceptors (Lipinski definition) is 6. The van der Waals surface area contributed by atoms with Crippen molar-refractivity contribution < 1.29 is 22.7 Å². The van der Waals surface area contributed by atoms with E-state index in [0.717, 1.165) is 28.0 Å². The van der Waals surface area contributed by atoms with Crippen molar-refractivity contribution in [3.8, 4) is 5.75 Å². The van der Waals surface area contributed by atoms with Gasteiger partial charge in [0.15, 0.2) is 0 Å². The summed E-state index contributed by atoms with van der Waals surface area (Å²) in [5.41, 5.74) is 3.90. The number of hydrogen-bond donors (Lipinski definition) is 0. The Balaban J connectivity index is 1.45. The molecule has 1 aliphatic rings. The summed E-state index contributed by atoms with van der Waals surface area (Å²) < 4.78 is 38.6. The van der Waals surface area contributed by atoms with Gasteiger partial charge < -0.3 is 9.47 Å². The third-order valence-electron chi connectivity index (χ3n) is 6.32. The van der Waals surface area contributed by atoms with Gasteiger partial charge in [-0.25, -0.2) is 8.42 Å². The van der Waals surface area contributed by atoms with Crippen LogP contribution in [0.5, 0.6) is 5.75 Å². The van der Waals surface area contributed by atoms with E-state index in [1.807, 2.05) is 67.6 Å². The zero-order valence-corrected chi connectivity index (χ0v) is 21.5. The predicted molar refractivity (Wildman–Crippen MR) is 138 cm³/mol. The Morgan fingerprint density at radius 2 is 1.58 bits per heavy atom. The highest BCUT2D eigenvalue weighted by Gasteiger charge is 2.28. The largest absolute Gasteiger partial charge is 0.489 e. The van der Waals surface area contributed by atoms with E-state index in [0.29, 0.717) is 44.2 Å². The lowest BCUT2D eigenvalue weighted by Gasteiger charge is -2.34. The van der Waals surface area contributed by atoms with Gasteiger partial charge >= 0.3 is 5.97 Å². The Labute approximate surface area is 213 Å². The number of carbonyl (C=O) groups is 1. The maximum Gasteiger partial charge on any atom is 0.309 e. The van der Waals surface area contributed by atoms with Crippen LogP contribution in [0.25, 0.3) is 0 Å². The fraction of sp³-hybridized carbons (Fsp3) is 0.321. The molecule has 3 aromatic rings. The Hall–Kier alpha value is -3.20. The quantitative estimate of drug-likeness (QED) is 0.410. The highest BCUT2D eigenvalue weighted by Crippen LogP contribution is 2.25. The van der Waals surface area contributed by atoms with Gasteiger partial charge in [-0.15, -0.1) is 0 Å². The van der Waals surface area contributed by atoms with E-state index >= 15 is 0 Å². The second-order valence-electron chi connectivity index (χ2n) is 8.96. The maximum atomic E-state index is 13.1. The SMILES string of the molecule is COC(=O)Cc1ccc(OCc2ccccc2)c(CN2CCN(S(=O)(=O)c3ccc(C)cc3)CC2)c1. The van der Waals surface area contributed by atoms with Crippen molar-refractivity contribution >= 4 is 16.0 Å². The molecule has 0 amide bonds. The van der Waals surface area contributed by atoms with Gasteiger partial charge in [0.25, 0.3) is 0 Å². The van der Waals surface area contributed by atoms with Gasteiger partial charge in [0.2, 0.25) is 10.0 Å². The molecule has 1 fully saturated rings. The Bertz CT molecular complexity index is 1270. The van der Waals surface area contributed by atoms with Crippen LogP contribution in [0.4, 0.5) is 0 Å². The van der Waals surface area contributed by atoms with Gasteiger partial charge in [0, 0.05) is 38.3 Å². The van der Waals surface area contributed by atoms with Gasteiger partial charge in [-0.3, -0.25) is 9.69 Å². The topological polar surface area (TPSA) is 76.2 Å². The minimum atomic E-state index is -3.52. The molecule has 0 atom stereocenters. The van der Waals surface area contributed by atoms with Crippen LogP contribution < -0.4 is 4.74 Å². The minimum absolute atomic E-state index is 0.186. The summed E-state index contributed by atoms with van der Waals surface area (Å²) in [4.78, 5) is 14.4. The van der Waals surface area contributed by atoms with Crippen LogP contribution in [0.15, 0.2) is 77.7 Å². The number of rotatable bonds is 9. The number of nitrogens with zero attached hydrogens (tertiary/aromatic N) is 2. The standard InChI is InChI=1S/C28H32N2O5S/c1-22-8-11-26(12-9-22)36(32,33)30-16-14-29(15-17-30)20-25-18-24(19-28(31)34-2)10-13-27(25)35-21-23-6-4-3-5-7-23/h3-13,18H,14-17,19-21H2,1-2H3. The van der Waals surface area contributed by atoms with E-state index in [4.69, 9.17) is 9.47 Å². The first-order valence-corrected chi connectivity index (χ1v) is 13.4. The number of sulfonamides is 1. The third-order valence-corrected chi connectivity index (χ3v) is 8.24. The van der Waals surface area contributed by atoms with Gasteiger partial charge in [0.1, 0.15) is 12.4 Å². The average Bonchev–Trinajstić information content (AvgIpc) is 2.89. The molecule has 0 radical (unpaired) electrons. The second-order valence-corrected chi connectivity index (χ2v) is 10.9. The van der Waals surface area contributed by atoms with E-state index in [-0.39, 0.29) is 12.4 Å². The molecule has 36 heavy (non-hydrogen) atoms. The number of esters is 1. The second kappa shape index (κ2) is 11.7. The Kier molecular flexibility index (Phi) is 8.40. The highest BCUT2D eigenvalue weighted by atomic mass is 32.2. The molecule has 0 N–H and O–H groups in total. The molecule has 0 aromatic heterocycles. The van der Waals surface area contributed by atoms with E-state index in [9.17, 15) is 13.2 Å².